The first-order valence-electron chi connectivity index (χ1n) is 5.00. The molecule has 1 aromatic rings. The zero-order valence-corrected chi connectivity index (χ0v) is 8.09. The quantitative estimate of drug-likeness (QED) is 0.751. The van der Waals surface area contributed by atoms with Gasteiger partial charge in [0.15, 0.2) is 0 Å². The molecule has 0 radical (unpaired) electrons. The van der Waals surface area contributed by atoms with Crippen LogP contribution in [0.25, 0.3) is 0 Å². The summed E-state index contributed by atoms with van der Waals surface area (Å²) in [6, 6.07) is 6.73. The maximum atomic E-state index is 12.8. The second-order valence-corrected chi connectivity index (χ2v) is 3.79. The van der Waals surface area contributed by atoms with Gasteiger partial charge in [0, 0.05) is 26.2 Å². The lowest BCUT2D eigenvalue weighted by Gasteiger charge is -2.27. The van der Waals surface area contributed by atoms with E-state index in [2.05, 4.69) is 10.6 Å². The molecule has 0 aromatic heterocycles. The first-order chi connectivity index (χ1) is 6.84. The zero-order valence-electron chi connectivity index (χ0n) is 8.09. The molecule has 3 heteroatoms. The average Bonchev–Trinajstić information content (AvgIpc) is 2.09. The van der Waals surface area contributed by atoms with Gasteiger partial charge < -0.3 is 10.6 Å². The van der Waals surface area contributed by atoms with Gasteiger partial charge in [-0.2, -0.15) is 0 Å². The van der Waals surface area contributed by atoms with E-state index in [4.69, 9.17) is 0 Å². The largest absolute Gasteiger partial charge is 0.316 e. The molecule has 1 aromatic carbocycles. The molecule has 0 bridgehead atoms. The highest BCUT2D eigenvalue weighted by Gasteiger charge is 2.15. The molecule has 76 valence electrons. The van der Waals surface area contributed by atoms with Crippen molar-refractivity contribution in [3.8, 4) is 0 Å². The van der Waals surface area contributed by atoms with Crippen LogP contribution in [0, 0.1) is 11.7 Å². The summed E-state index contributed by atoms with van der Waals surface area (Å²) in [7, 11) is 0. The third kappa shape index (κ3) is 2.53. The Kier molecular flexibility index (Phi) is 3.11. The molecule has 1 aliphatic heterocycles. The molecule has 0 amide bonds. The van der Waals surface area contributed by atoms with E-state index >= 15 is 0 Å². The van der Waals surface area contributed by atoms with Gasteiger partial charge in [-0.05, 0) is 23.6 Å². The minimum Gasteiger partial charge on any atom is -0.316 e. The van der Waals surface area contributed by atoms with Crippen molar-refractivity contribution >= 4 is 0 Å². The minimum absolute atomic E-state index is 0.158. The summed E-state index contributed by atoms with van der Waals surface area (Å²) in [6.07, 6.45) is 0. The summed E-state index contributed by atoms with van der Waals surface area (Å²) in [5.41, 5.74) is 1.01. The van der Waals surface area contributed by atoms with E-state index < -0.39 is 0 Å². The standard InChI is InChI=1S/C11H15FN2/c12-11-3-1-2-9(4-11)5-13-6-10-7-14-8-10/h1-4,10,13-14H,5-8H2. The van der Waals surface area contributed by atoms with Gasteiger partial charge in [-0.25, -0.2) is 4.39 Å². The summed E-state index contributed by atoms with van der Waals surface area (Å²) >= 11 is 0. The molecule has 2 rings (SSSR count). The van der Waals surface area contributed by atoms with E-state index in [-0.39, 0.29) is 5.82 Å². The average molecular weight is 194 g/mol. The molecule has 1 fully saturated rings. The Hall–Kier alpha value is -0.930. The zero-order chi connectivity index (χ0) is 9.80. The molecule has 0 saturated carbocycles. The molecule has 1 saturated heterocycles. The monoisotopic (exact) mass is 194 g/mol. The van der Waals surface area contributed by atoms with Crippen LogP contribution in [-0.4, -0.2) is 19.6 Å². The molecule has 0 aliphatic carbocycles. The van der Waals surface area contributed by atoms with Crippen molar-refractivity contribution in [3.63, 3.8) is 0 Å². The highest BCUT2D eigenvalue weighted by molar-refractivity contribution is 5.15. The third-order valence-electron chi connectivity index (χ3n) is 2.52. The number of rotatable bonds is 4. The number of hydrogen-bond donors (Lipinski definition) is 2. The first-order valence-corrected chi connectivity index (χ1v) is 5.00. The Labute approximate surface area is 83.5 Å². The van der Waals surface area contributed by atoms with Crippen LogP contribution in [0.1, 0.15) is 5.56 Å². The predicted molar refractivity (Wildman–Crippen MR) is 54.5 cm³/mol. The summed E-state index contributed by atoms with van der Waals surface area (Å²) in [5.74, 6) is 0.596. The van der Waals surface area contributed by atoms with Crippen LogP contribution >= 0.6 is 0 Å². The molecular formula is C11H15FN2. The Bertz CT molecular complexity index is 297. The van der Waals surface area contributed by atoms with Gasteiger partial charge in [-0.15, -0.1) is 0 Å². The molecule has 0 atom stereocenters. The van der Waals surface area contributed by atoms with Crippen molar-refractivity contribution in [3.05, 3.63) is 35.6 Å². The number of halogens is 1. The van der Waals surface area contributed by atoms with E-state index in [1.807, 2.05) is 6.07 Å². The molecular weight excluding hydrogens is 179 g/mol. The summed E-state index contributed by atoms with van der Waals surface area (Å²) in [6.45, 7) is 3.99. The van der Waals surface area contributed by atoms with Crippen LogP contribution in [0.4, 0.5) is 4.39 Å². The molecule has 1 heterocycles. The molecule has 1 aliphatic rings. The first kappa shape index (κ1) is 9.62. The van der Waals surface area contributed by atoms with Crippen LogP contribution in [0.15, 0.2) is 24.3 Å². The van der Waals surface area contributed by atoms with Gasteiger partial charge in [0.1, 0.15) is 5.82 Å². The maximum Gasteiger partial charge on any atom is 0.123 e. The van der Waals surface area contributed by atoms with E-state index in [1.54, 1.807) is 12.1 Å². The summed E-state index contributed by atoms with van der Waals surface area (Å²) in [4.78, 5) is 0. The van der Waals surface area contributed by atoms with Crippen molar-refractivity contribution < 1.29 is 4.39 Å². The van der Waals surface area contributed by atoms with Crippen LogP contribution in [0.5, 0.6) is 0 Å². The van der Waals surface area contributed by atoms with E-state index in [0.29, 0.717) is 0 Å². The van der Waals surface area contributed by atoms with Gasteiger partial charge in [-0.3, -0.25) is 0 Å². The van der Waals surface area contributed by atoms with Crippen LogP contribution in [0.2, 0.25) is 0 Å². The molecule has 0 spiro atoms. The van der Waals surface area contributed by atoms with E-state index in [0.717, 1.165) is 37.7 Å². The SMILES string of the molecule is Fc1cccc(CNCC2CNC2)c1. The van der Waals surface area contributed by atoms with Crippen molar-refractivity contribution in [1.82, 2.24) is 10.6 Å². The van der Waals surface area contributed by atoms with Crippen molar-refractivity contribution in [2.24, 2.45) is 5.92 Å². The van der Waals surface area contributed by atoms with Gasteiger partial charge in [0.2, 0.25) is 0 Å². The lowest BCUT2D eigenvalue weighted by atomic mass is 10.0. The fraction of sp³-hybridized carbons (Fsp3) is 0.455. The van der Waals surface area contributed by atoms with Crippen molar-refractivity contribution in [2.75, 3.05) is 19.6 Å². The fourth-order valence-electron chi connectivity index (χ4n) is 1.56. The third-order valence-corrected chi connectivity index (χ3v) is 2.52. The second-order valence-electron chi connectivity index (χ2n) is 3.79. The maximum absolute atomic E-state index is 12.8. The number of hydrogen-bond acceptors (Lipinski definition) is 2. The van der Waals surface area contributed by atoms with E-state index in [9.17, 15) is 4.39 Å². The Balaban J connectivity index is 1.74. The van der Waals surface area contributed by atoms with Crippen LogP contribution < -0.4 is 10.6 Å². The predicted octanol–water partition coefficient (Wildman–Crippen LogP) is 1.13. The van der Waals surface area contributed by atoms with Gasteiger partial charge in [0.25, 0.3) is 0 Å². The van der Waals surface area contributed by atoms with Crippen LogP contribution in [-0.2, 0) is 6.54 Å². The van der Waals surface area contributed by atoms with Gasteiger partial charge in [0.05, 0.1) is 0 Å². The van der Waals surface area contributed by atoms with Crippen molar-refractivity contribution in [1.29, 1.82) is 0 Å². The molecule has 0 unspecified atom stereocenters. The number of nitrogens with one attached hydrogen (secondary N) is 2. The highest BCUT2D eigenvalue weighted by atomic mass is 19.1. The summed E-state index contributed by atoms with van der Waals surface area (Å²) in [5, 5.41) is 6.54. The molecule has 14 heavy (non-hydrogen) atoms. The Morgan fingerprint density at radius 2 is 2.29 bits per heavy atom. The topological polar surface area (TPSA) is 24.1 Å². The Morgan fingerprint density at radius 3 is 2.93 bits per heavy atom. The van der Waals surface area contributed by atoms with E-state index in [1.165, 1.54) is 6.07 Å². The second kappa shape index (κ2) is 4.53. The van der Waals surface area contributed by atoms with Crippen molar-refractivity contribution in [2.45, 2.75) is 6.54 Å². The van der Waals surface area contributed by atoms with Crippen LogP contribution in [0.3, 0.4) is 0 Å². The minimum atomic E-state index is -0.158. The lowest BCUT2D eigenvalue weighted by Crippen LogP contribution is -2.47. The molecule has 2 N–H and O–H groups in total. The molecule has 2 nitrogen and oxygen atoms in total. The van der Waals surface area contributed by atoms with Gasteiger partial charge >= 0.3 is 0 Å². The fourth-order valence-corrected chi connectivity index (χ4v) is 1.56. The normalized spacial score (nSPS) is 16.6. The lowest BCUT2D eigenvalue weighted by molar-refractivity contribution is 0.331. The van der Waals surface area contributed by atoms with Gasteiger partial charge in [-0.1, -0.05) is 12.1 Å². The smallest absolute Gasteiger partial charge is 0.123 e. The Morgan fingerprint density at radius 1 is 1.43 bits per heavy atom. The number of benzene rings is 1. The highest BCUT2D eigenvalue weighted by Crippen LogP contribution is 2.04. The summed E-state index contributed by atoms with van der Waals surface area (Å²) < 4.78 is 12.8.